The van der Waals surface area contributed by atoms with Gasteiger partial charge in [0.25, 0.3) is 13.4 Å². The molecule has 0 amide bonds. The Hall–Kier alpha value is -15.6. The molecule has 19 aromatic rings. The lowest BCUT2D eigenvalue weighted by atomic mass is 9.32. The Balaban J connectivity index is 0.000000145. The first-order valence-electron chi connectivity index (χ1n) is 45.2. The fourth-order valence-corrected chi connectivity index (χ4v) is 32.7. The Morgan fingerprint density at radius 2 is 0.527 bits per heavy atom. The Kier molecular flexibility index (Phi) is 19.1. The average molecular weight is 1710 g/mol. The molecule has 0 unspecified atom stereocenters. The molecule has 0 saturated heterocycles. The van der Waals surface area contributed by atoms with Crippen molar-refractivity contribution in [3.8, 4) is 80.2 Å². The van der Waals surface area contributed by atoms with Crippen LogP contribution in [0, 0.1) is 41.5 Å². The number of aryl methyl sites for hydroxylation is 6. The molecule has 18 aromatic carbocycles. The normalized spacial score (nSPS) is 13.6. The van der Waals surface area contributed by atoms with Crippen molar-refractivity contribution in [3.63, 3.8) is 0 Å². The summed E-state index contributed by atoms with van der Waals surface area (Å²) in [5.41, 5.74) is 27.5. The van der Waals surface area contributed by atoms with Gasteiger partial charge in [-0.1, -0.05) is 389 Å². The minimum absolute atomic E-state index is 0.0189. The molecule has 6 aliphatic heterocycles. The molecule has 0 radical (unpaired) electrons. The summed E-state index contributed by atoms with van der Waals surface area (Å²) in [5.74, 6) is 8.33. The highest BCUT2D eigenvalue weighted by Crippen LogP contribution is 2.48. The summed E-state index contributed by atoms with van der Waals surface area (Å²) < 4.78 is 28.4. The van der Waals surface area contributed by atoms with E-state index in [1.54, 1.807) is 0 Å². The number of aromatic nitrogens is 3. The van der Waals surface area contributed by atoms with E-state index in [1.807, 2.05) is 66.7 Å². The van der Waals surface area contributed by atoms with Crippen LogP contribution < -0.4 is 119 Å². The number of para-hydroxylation sites is 6. The molecule has 7 heterocycles. The van der Waals surface area contributed by atoms with Crippen molar-refractivity contribution in [3.05, 3.63) is 446 Å². The average Bonchev–Trinajstić information content (AvgIpc) is 0.693. The SMILES string of the molecule is Cc1cc(C)c(B(c2ccc3c(c2)Oc2cc(N4c5ccccc5[Si](c5ccccc5)(c5ccccc5)c5ccccc54)cc4c2B3c2ccccc2O4)c2c(C)cc(C)cc2C)c(C)c1.c1ccc(-c2nc(-c3ccccc3)nc(-c3ccc4c(c3)Oc3cc(N5c6ccccc6[Si](c6ccccc6)(c6ccccc6)c6ccccc65)cc5c3B4c3ccccc3O5)n2)cc1. The van der Waals surface area contributed by atoms with Gasteiger partial charge in [-0.15, -0.1) is 0 Å². The van der Waals surface area contributed by atoms with Crippen LogP contribution in [0.5, 0.6) is 46.0 Å². The van der Waals surface area contributed by atoms with E-state index >= 15 is 0 Å². The number of fused-ring (bicyclic) bond motifs is 12. The number of hydrogen-bond acceptors (Lipinski definition) is 9. The van der Waals surface area contributed by atoms with Gasteiger partial charge in [0.15, 0.2) is 33.6 Å². The Bertz CT molecular complexity index is 7470. The fraction of sp³-hybridized carbons (Fsp3) is 0.0513. The summed E-state index contributed by atoms with van der Waals surface area (Å²) in [7, 11) is -5.60. The van der Waals surface area contributed by atoms with Crippen molar-refractivity contribution in [2.24, 2.45) is 0 Å². The molecule has 9 nitrogen and oxygen atoms in total. The second kappa shape index (κ2) is 31.7. The van der Waals surface area contributed by atoms with Gasteiger partial charge >= 0.3 is 0 Å². The quantitative estimate of drug-likeness (QED) is 0.111. The summed E-state index contributed by atoms with van der Waals surface area (Å²) >= 11 is 0. The van der Waals surface area contributed by atoms with E-state index < -0.39 is 16.1 Å². The zero-order valence-corrected chi connectivity index (χ0v) is 75.4. The number of anilines is 6. The minimum Gasteiger partial charge on any atom is -0.458 e. The molecule has 0 spiro atoms. The molecule has 0 atom stereocenters. The highest BCUT2D eigenvalue weighted by molar-refractivity contribution is 7.22. The smallest absolute Gasteiger partial charge is 0.260 e. The van der Waals surface area contributed by atoms with Crippen molar-refractivity contribution in [1.82, 2.24) is 15.0 Å². The van der Waals surface area contributed by atoms with E-state index in [4.69, 9.17) is 33.9 Å². The van der Waals surface area contributed by atoms with Gasteiger partial charge in [-0.3, -0.25) is 0 Å². The Morgan fingerprint density at radius 1 is 0.244 bits per heavy atom. The van der Waals surface area contributed by atoms with E-state index in [9.17, 15) is 0 Å². The van der Waals surface area contributed by atoms with Gasteiger partial charge in [-0.25, -0.2) is 15.0 Å². The molecule has 0 aliphatic carbocycles. The van der Waals surface area contributed by atoms with Crippen LogP contribution in [0.4, 0.5) is 34.1 Å². The first-order chi connectivity index (χ1) is 64.4. The zero-order chi connectivity index (χ0) is 87.7. The van der Waals surface area contributed by atoms with Gasteiger partial charge in [0.05, 0.1) is 11.4 Å². The second-order valence-electron chi connectivity index (χ2n) is 35.4. The summed E-state index contributed by atoms with van der Waals surface area (Å²) in [4.78, 5) is 19.9. The number of benzene rings is 18. The summed E-state index contributed by atoms with van der Waals surface area (Å²) in [6.07, 6.45) is 0. The van der Waals surface area contributed by atoms with E-state index in [2.05, 4.69) is 397 Å². The van der Waals surface area contributed by atoms with Crippen LogP contribution in [0.15, 0.2) is 413 Å². The molecule has 0 N–H and O–H groups in total. The monoisotopic (exact) mass is 1710 g/mol. The lowest BCUT2D eigenvalue weighted by Crippen LogP contribution is -2.77. The summed E-state index contributed by atoms with van der Waals surface area (Å²) in [6.45, 7) is 13.3. The molecule has 25 rings (SSSR count). The maximum atomic E-state index is 7.35. The Labute approximate surface area is 766 Å². The van der Waals surface area contributed by atoms with E-state index in [0.29, 0.717) is 17.5 Å². The topological polar surface area (TPSA) is 82.1 Å². The van der Waals surface area contributed by atoms with E-state index in [0.717, 1.165) is 118 Å². The fourth-order valence-electron chi connectivity index (χ4n) is 22.5. The van der Waals surface area contributed by atoms with Crippen LogP contribution in [0.25, 0.3) is 34.2 Å². The summed E-state index contributed by atoms with van der Waals surface area (Å²) in [5, 5.41) is 10.8. The van der Waals surface area contributed by atoms with Crippen LogP contribution in [-0.2, 0) is 0 Å². The molecule has 0 saturated carbocycles. The third-order valence-corrected chi connectivity index (χ3v) is 37.4. The van der Waals surface area contributed by atoms with Crippen molar-refractivity contribution in [1.29, 1.82) is 0 Å². The van der Waals surface area contributed by atoms with Crippen LogP contribution >= 0.6 is 0 Å². The van der Waals surface area contributed by atoms with E-state index in [-0.39, 0.29) is 20.1 Å². The first kappa shape index (κ1) is 78.8. The minimum atomic E-state index is -2.81. The predicted molar refractivity (Wildman–Crippen MR) is 548 cm³/mol. The van der Waals surface area contributed by atoms with Gasteiger partial charge in [-0.05, 0) is 153 Å². The summed E-state index contributed by atoms with van der Waals surface area (Å²) in [6, 6.07) is 149. The second-order valence-corrected chi connectivity index (χ2v) is 42.9. The zero-order valence-electron chi connectivity index (χ0n) is 73.4. The van der Waals surface area contributed by atoms with Gasteiger partial charge in [0.2, 0.25) is 6.71 Å². The third kappa shape index (κ3) is 12.8. The molecule has 131 heavy (non-hydrogen) atoms. The van der Waals surface area contributed by atoms with Gasteiger partial charge in [-0.2, -0.15) is 0 Å². The van der Waals surface area contributed by atoms with Crippen LogP contribution in [-0.4, -0.2) is 51.2 Å². The molecule has 0 bridgehead atoms. The van der Waals surface area contributed by atoms with Crippen molar-refractivity contribution < 1.29 is 18.9 Å². The lowest BCUT2D eigenvalue weighted by molar-refractivity contribution is 0.464. The molecule has 14 heteroatoms. The van der Waals surface area contributed by atoms with Crippen LogP contribution in [0.3, 0.4) is 0 Å². The van der Waals surface area contributed by atoms with Crippen molar-refractivity contribution in [2.45, 2.75) is 41.5 Å². The third-order valence-electron chi connectivity index (χ3n) is 27.7. The maximum Gasteiger partial charge on any atom is 0.260 e. The largest absolute Gasteiger partial charge is 0.458 e. The number of hydrogen-bond donors (Lipinski definition) is 0. The highest BCUT2D eigenvalue weighted by Gasteiger charge is 2.52. The van der Waals surface area contributed by atoms with Crippen molar-refractivity contribution in [2.75, 3.05) is 9.80 Å². The Morgan fingerprint density at radius 3 is 0.885 bits per heavy atom. The molecule has 0 fully saturated rings. The van der Waals surface area contributed by atoms with Gasteiger partial charge in [0.1, 0.15) is 46.0 Å². The number of ether oxygens (including phenoxy) is 4. The number of rotatable bonds is 12. The molecular weight excluding hydrogens is 1630 g/mol. The number of nitrogens with zero attached hydrogens (tertiary/aromatic N) is 5. The van der Waals surface area contributed by atoms with Gasteiger partial charge < -0.3 is 28.7 Å². The molecular formula is C117H86B3N5O4Si2. The molecule has 6 aliphatic rings. The van der Waals surface area contributed by atoms with Crippen LogP contribution in [0.1, 0.15) is 33.4 Å². The van der Waals surface area contributed by atoms with Crippen LogP contribution in [0.2, 0.25) is 0 Å². The standard InChI is InChI=1S/C60H49B2NO2Si.C57H37BN4O2Si/c1-38-31-40(3)58(41(4)32-38)61(59-42(5)33-39(2)34-43(59)6)44-29-30-49-53(35-44)65-55-37-45(36-54-60(55)62(49)48-23-13-16-26-52(48)64-54)63-50-24-14-17-27-56(50)66(46-19-9-7-10-20-46,47-21-11-8-12-22-47)57-28-18-15-25-51(57)63;1-5-19-38(20-6-1)55-59-56(39-21-7-2-8-22-39)61-57(60-55)40-33-34-45-49(35-40)64-51-37-41(36-50-54(51)58(45)44-27-13-16-30-48(44)63-50)62-46-28-14-17-31-52(46)65(42-23-9-3-10-24-42,43-25-11-4-12-26-43)53-32-18-15-29-47(53)62/h7-37H,1-6H3;1-37H. The molecule has 620 valence electrons. The first-order valence-corrected chi connectivity index (χ1v) is 49.2. The van der Waals surface area contributed by atoms with E-state index in [1.165, 1.54) is 103 Å². The highest BCUT2D eigenvalue weighted by atomic mass is 28.3. The van der Waals surface area contributed by atoms with Crippen molar-refractivity contribution >= 4 is 161 Å². The van der Waals surface area contributed by atoms with Gasteiger partial charge in [0, 0.05) is 74.6 Å². The lowest BCUT2D eigenvalue weighted by Gasteiger charge is -2.45. The maximum absolute atomic E-state index is 7.35. The predicted octanol–water partition coefficient (Wildman–Crippen LogP) is 16.7. The molecule has 1 aromatic heterocycles.